The maximum atomic E-state index is 6.05. The monoisotopic (exact) mass is 322 g/mol. The van der Waals surface area contributed by atoms with Crippen molar-refractivity contribution in [2.24, 2.45) is 0 Å². The Morgan fingerprint density at radius 2 is 1.55 bits per heavy atom. The van der Waals surface area contributed by atoms with E-state index >= 15 is 0 Å². The van der Waals surface area contributed by atoms with Crippen molar-refractivity contribution in [3.8, 4) is 5.75 Å². The lowest BCUT2D eigenvalue weighted by Gasteiger charge is -2.32. The topological polar surface area (TPSA) is 36.9 Å². The molecule has 0 aromatic heterocycles. The van der Waals surface area contributed by atoms with Gasteiger partial charge in [0.2, 0.25) is 0 Å². The zero-order chi connectivity index (χ0) is 16.6. The number of hydrogen-bond acceptors (Lipinski definition) is 4. The molecule has 0 atom stereocenters. The van der Waals surface area contributed by atoms with Gasteiger partial charge in [-0.3, -0.25) is 0 Å². The highest BCUT2D eigenvalue weighted by molar-refractivity contribution is 6.62. The van der Waals surface area contributed by atoms with Crippen LogP contribution in [0.5, 0.6) is 5.75 Å². The second kappa shape index (κ2) is 6.00. The molecule has 2 rings (SSSR count). The third-order valence-electron chi connectivity index (χ3n) is 4.29. The molecular weight excluding hydrogens is 295 g/mol. The molecule has 1 heterocycles. The molecule has 1 aliphatic heterocycles. The van der Waals surface area contributed by atoms with E-state index in [1.807, 2.05) is 38.1 Å². The first kappa shape index (κ1) is 17.5. The second-order valence-electron chi connectivity index (χ2n) is 7.45. The minimum absolute atomic E-state index is 0.322. The molecule has 0 radical (unpaired) electrons. The fourth-order valence-electron chi connectivity index (χ4n) is 2.37. The molecule has 0 N–H and O–H groups in total. The van der Waals surface area contributed by atoms with Gasteiger partial charge in [-0.2, -0.15) is 0 Å². The molecule has 1 aromatic carbocycles. The minimum atomic E-state index is -0.336. The smallest absolute Gasteiger partial charge is 0.486 e. The van der Waals surface area contributed by atoms with E-state index in [1.54, 1.807) is 0 Å². The summed E-state index contributed by atoms with van der Waals surface area (Å²) in [6, 6.07) is 7.90. The van der Waals surface area contributed by atoms with Gasteiger partial charge in [-0.05, 0) is 59.1 Å². The number of hydrogen-bond donors (Lipinski definition) is 0. The molecule has 1 aromatic rings. The Bertz CT molecular complexity index is 497. The molecule has 4 nitrogen and oxygen atoms in total. The lowest BCUT2D eigenvalue weighted by molar-refractivity contribution is 0.00578. The summed E-state index contributed by atoms with van der Waals surface area (Å²) in [5.74, 6) is 0.823. The van der Waals surface area contributed by atoms with Crippen molar-refractivity contribution in [1.82, 2.24) is 0 Å². The molecule has 1 saturated heterocycles. The van der Waals surface area contributed by atoms with E-state index in [0.717, 1.165) is 21.7 Å². The number of ether oxygens (including phenoxy) is 1. The van der Waals surface area contributed by atoms with E-state index in [0.29, 0.717) is 6.61 Å². The van der Waals surface area contributed by atoms with Crippen LogP contribution in [-0.2, 0) is 13.7 Å². The van der Waals surface area contributed by atoms with Gasteiger partial charge in [0.25, 0.3) is 0 Å². The predicted octanol–water partition coefficient (Wildman–Crippen LogP) is 1.44. The molecule has 0 amide bonds. The van der Waals surface area contributed by atoms with Crippen LogP contribution in [0.1, 0.15) is 41.5 Å². The van der Waals surface area contributed by atoms with Crippen molar-refractivity contribution in [2.45, 2.75) is 58.3 Å². The van der Waals surface area contributed by atoms with E-state index < -0.39 is 0 Å². The van der Waals surface area contributed by atoms with Crippen LogP contribution in [0.4, 0.5) is 0 Å². The summed E-state index contributed by atoms with van der Waals surface area (Å²) in [6.07, 6.45) is 0. The first-order chi connectivity index (χ1) is 10.1. The SMILES string of the molecule is CC(C)(CO[SiH3])Oc1ccc(B2OC(C)(C)C(C)(C)O2)cc1. The van der Waals surface area contributed by atoms with Crippen molar-refractivity contribution in [1.29, 1.82) is 0 Å². The van der Waals surface area contributed by atoms with E-state index in [2.05, 4.69) is 27.7 Å². The first-order valence-electron chi connectivity index (χ1n) is 7.70. The zero-order valence-electron chi connectivity index (χ0n) is 14.7. The van der Waals surface area contributed by atoms with E-state index in [9.17, 15) is 0 Å². The van der Waals surface area contributed by atoms with Crippen molar-refractivity contribution >= 4 is 23.1 Å². The summed E-state index contributed by atoms with van der Waals surface area (Å²) in [7, 11) is 0.382. The third-order valence-corrected chi connectivity index (χ3v) is 4.58. The van der Waals surface area contributed by atoms with Gasteiger partial charge in [0.1, 0.15) is 21.8 Å². The van der Waals surface area contributed by atoms with Crippen molar-refractivity contribution in [3.05, 3.63) is 24.3 Å². The molecule has 0 spiro atoms. The van der Waals surface area contributed by atoms with Gasteiger partial charge in [-0.25, -0.2) is 0 Å². The fraction of sp³-hybridized carbons (Fsp3) is 0.625. The standard InChI is InChI=1S/C16H27BO4Si/c1-14(2,11-18-22)19-13-9-7-12(8-10-13)17-20-15(3,4)16(5,6)21-17/h7-10H,11H2,1-6,22H3. The Hall–Kier alpha value is -0.818. The summed E-state index contributed by atoms with van der Waals surface area (Å²) < 4.78 is 23.4. The molecule has 1 fully saturated rings. The van der Waals surface area contributed by atoms with Gasteiger partial charge in [0.05, 0.1) is 17.8 Å². The Balaban J connectivity index is 2.07. The van der Waals surface area contributed by atoms with E-state index in [1.165, 1.54) is 0 Å². The molecule has 122 valence electrons. The van der Waals surface area contributed by atoms with Gasteiger partial charge in [0.15, 0.2) is 0 Å². The molecule has 0 bridgehead atoms. The quantitative estimate of drug-likeness (QED) is 0.769. The van der Waals surface area contributed by atoms with E-state index in [-0.39, 0.29) is 23.9 Å². The normalized spacial score (nSPS) is 20.4. The maximum absolute atomic E-state index is 6.05. The van der Waals surface area contributed by atoms with E-state index in [4.69, 9.17) is 18.5 Å². The molecule has 22 heavy (non-hydrogen) atoms. The summed E-state index contributed by atoms with van der Waals surface area (Å²) in [5.41, 5.74) is 0.0325. The largest absolute Gasteiger partial charge is 0.494 e. The van der Waals surface area contributed by atoms with Crippen LogP contribution in [0.2, 0.25) is 0 Å². The fourth-order valence-corrected chi connectivity index (χ4v) is 3.06. The van der Waals surface area contributed by atoms with Gasteiger partial charge in [-0.1, -0.05) is 12.1 Å². The van der Waals surface area contributed by atoms with Crippen LogP contribution in [0.25, 0.3) is 0 Å². The lowest BCUT2D eigenvalue weighted by Crippen LogP contribution is -2.41. The number of benzene rings is 1. The lowest BCUT2D eigenvalue weighted by atomic mass is 9.79. The van der Waals surface area contributed by atoms with Gasteiger partial charge in [0, 0.05) is 0 Å². The van der Waals surface area contributed by atoms with Crippen molar-refractivity contribution in [2.75, 3.05) is 6.61 Å². The Labute approximate surface area is 137 Å². The summed E-state index contributed by atoms with van der Waals surface area (Å²) in [5, 5.41) is 0. The van der Waals surface area contributed by atoms with Crippen LogP contribution >= 0.6 is 0 Å². The van der Waals surface area contributed by atoms with Gasteiger partial charge in [-0.15, -0.1) is 0 Å². The first-order valence-corrected chi connectivity index (χ1v) is 8.51. The van der Waals surface area contributed by atoms with Gasteiger partial charge < -0.3 is 18.5 Å². The highest BCUT2D eigenvalue weighted by atomic mass is 28.2. The third kappa shape index (κ3) is 3.74. The Kier molecular flexibility index (Phi) is 4.78. The second-order valence-corrected chi connectivity index (χ2v) is 8.03. The molecule has 0 saturated carbocycles. The van der Waals surface area contributed by atoms with Crippen molar-refractivity contribution in [3.63, 3.8) is 0 Å². The van der Waals surface area contributed by atoms with Crippen LogP contribution < -0.4 is 10.2 Å². The predicted molar refractivity (Wildman–Crippen MR) is 92.8 cm³/mol. The Morgan fingerprint density at radius 3 is 2.00 bits per heavy atom. The molecular formula is C16H27BO4Si. The summed E-state index contributed by atoms with van der Waals surface area (Å²) >= 11 is 0. The summed E-state index contributed by atoms with van der Waals surface area (Å²) in [4.78, 5) is 0. The van der Waals surface area contributed by atoms with Crippen LogP contribution in [-0.4, -0.2) is 41.0 Å². The average Bonchev–Trinajstić information content (AvgIpc) is 2.58. The highest BCUT2D eigenvalue weighted by Gasteiger charge is 2.51. The van der Waals surface area contributed by atoms with Gasteiger partial charge >= 0.3 is 7.12 Å². The number of rotatable bonds is 5. The molecule has 1 aliphatic rings. The Morgan fingerprint density at radius 1 is 1.05 bits per heavy atom. The van der Waals surface area contributed by atoms with Crippen LogP contribution in [0.3, 0.4) is 0 Å². The highest BCUT2D eigenvalue weighted by Crippen LogP contribution is 2.36. The molecule has 0 unspecified atom stereocenters. The maximum Gasteiger partial charge on any atom is 0.494 e. The van der Waals surface area contributed by atoms with Crippen LogP contribution in [0.15, 0.2) is 24.3 Å². The molecule has 6 heteroatoms. The molecule has 0 aliphatic carbocycles. The zero-order valence-corrected chi connectivity index (χ0v) is 16.7. The summed E-state index contributed by atoms with van der Waals surface area (Å²) in [6.45, 7) is 12.9. The van der Waals surface area contributed by atoms with Crippen LogP contribution in [0, 0.1) is 0 Å². The minimum Gasteiger partial charge on any atom is -0.486 e. The van der Waals surface area contributed by atoms with Crippen molar-refractivity contribution < 1.29 is 18.5 Å². The average molecular weight is 322 g/mol.